The molecule has 34 heavy (non-hydrogen) atoms. The van der Waals surface area contributed by atoms with E-state index in [-0.39, 0.29) is 23.8 Å². The number of carbonyl (C=O) groups is 1. The van der Waals surface area contributed by atoms with Gasteiger partial charge in [-0.25, -0.2) is 9.97 Å². The number of fused-ring (bicyclic) bond motifs is 1. The molecule has 3 aliphatic heterocycles. The predicted octanol–water partition coefficient (Wildman–Crippen LogP) is 3.73. The van der Waals surface area contributed by atoms with Crippen molar-refractivity contribution in [2.75, 3.05) is 38.7 Å². The fraction of sp³-hybridized carbons (Fsp3) is 0.577. The number of carbonyl (C=O) groups excluding carboxylic acids is 1. The first-order chi connectivity index (χ1) is 16.5. The number of hydrogen-bond donors (Lipinski definition) is 1. The lowest BCUT2D eigenvalue weighted by Gasteiger charge is -2.42. The SMILES string of the molecule is C[C@@H]1Cc2cnc(NC3CCOCC3)nc2CN1C(=O)[C@H]1CCN(C)C[C@@H]1c1ccc(Cl)cc1. The Morgan fingerprint density at radius 2 is 1.94 bits per heavy atom. The zero-order valence-corrected chi connectivity index (χ0v) is 20.8. The fourth-order valence-electron chi connectivity index (χ4n) is 5.56. The molecule has 0 unspecified atom stereocenters. The minimum atomic E-state index is -0.0388. The number of aromatic nitrogens is 2. The van der Waals surface area contributed by atoms with Crippen LogP contribution in [0.4, 0.5) is 5.95 Å². The molecule has 8 heteroatoms. The molecule has 0 spiro atoms. The van der Waals surface area contributed by atoms with Crippen LogP contribution in [0.2, 0.25) is 5.02 Å². The summed E-state index contributed by atoms with van der Waals surface area (Å²) in [5.41, 5.74) is 3.29. The molecule has 3 aliphatic rings. The molecule has 4 heterocycles. The van der Waals surface area contributed by atoms with Gasteiger partial charge in [-0.1, -0.05) is 23.7 Å². The van der Waals surface area contributed by atoms with E-state index >= 15 is 0 Å². The largest absolute Gasteiger partial charge is 0.381 e. The van der Waals surface area contributed by atoms with Gasteiger partial charge in [0, 0.05) is 54.9 Å². The Balaban J connectivity index is 1.34. The van der Waals surface area contributed by atoms with Crippen molar-refractivity contribution in [1.82, 2.24) is 19.8 Å². The van der Waals surface area contributed by atoms with E-state index in [1.165, 1.54) is 5.56 Å². The number of likely N-dealkylation sites (tertiary alicyclic amines) is 1. The molecule has 0 bridgehead atoms. The standard InChI is InChI=1S/C26H34ClN5O2/c1-17-13-19-14-28-26(29-21-8-11-34-12-9-21)30-24(19)16-32(17)25(33)22-7-10-31(2)15-23(22)18-3-5-20(27)6-4-18/h3-6,14,17,21-23H,7-13,15-16H2,1-2H3,(H,28,29,30)/t17-,22+,23-/m1/s1. The smallest absolute Gasteiger partial charge is 0.227 e. The van der Waals surface area contributed by atoms with Gasteiger partial charge >= 0.3 is 0 Å². The number of nitrogens with zero attached hydrogens (tertiary/aromatic N) is 4. The zero-order chi connectivity index (χ0) is 23.7. The monoisotopic (exact) mass is 483 g/mol. The number of nitrogens with one attached hydrogen (secondary N) is 1. The van der Waals surface area contributed by atoms with Gasteiger partial charge in [-0.15, -0.1) is 0 Å². The molecule has 1 amide bonds. The third-order valence-electron chi connectivity index (χ3n) is 7.59. The molecular formula is C26H34ClN5O2. The fourth-order valence-corrected chi connectivity index (χ4v) is 5.68. The summed E-state index contributed by atoms with van der Waals surface area (Å²) in [4.78, 5) is 27.7. The summed E-state index contributed by atoms with van der Waals surface area (Å²) in [6.45, 7) is 6.03. The molecule has 1 aromatic heterocycles. The maximum atomic E-state index is 13.9. The molecule has 1 N–H and O–H groups in total. The van der Waals surface area contributed by atoms with Crippen LogP contribution >= 0.6 is 11.6 Å². The number of ether oxygens (including phenoxy) is 1. The van der Waals surface area contributed by atoms with E-state index in [4.69, 9.17) is 21.3 Å². The quantitative estimate of drug-likeness (QED) is 0.714. The van der Waals surface area contributed by atoms with Crippen molar-refractivity contribution in [2.45, 2.75) is 57.2 Å². The van der Waals surface area contributed by atoms with Crippen LogP contribution in [-0.4, -0.2) is 71.1 Å². The minimum absolute atomic E-state index is 0.0388. The first-order valence-electron chi connectivity index (χ1n) is 12.4. The summed E-state index contributed by atoms with van der Waals surface area (Å²) in [7, 11) is 2.13. The van der Waals surface area contributed by atoms with Crippen LogP contribution in [0.5, 0.6) is 0 Å². The highest BCUT2D eigenvalue weighted by atomic mass is 35.5. The number of benzene rings is 1. The topological polar surface area (TPSA) is 70.6 Å². The number of amides is 1. The third-order valence-corrected chi connectivity index (χ3v) is 7.84. The zero-order valence-electron chi connectivity index (χ0n) is 20.0. The molecule has 1 aromatic carbocycles. The summed E-state index contributed by atoms with van der Waals surface area (Å²) in [5, 5.41) is 4.19. The highest BCUT2D eigenvalue weighted by molar-refractivity contribution is 6.30. The molecule has 0 aliphatic carbocycles. The van der Waals surface area contributed by atoms with Crippen molar-refractivity contribution in [3.05, 3.63) is 52.3 Å². The highest BCUT2D eigenvalue weighted by Crippen LogP contribution is 2.36. The van der Waals surface area contributed by atoms with E-state index in [9.17, 15) is 4.79 Å². The van der Waals surface area contributed by atoms with Gasteiger partial charge < -0.3 is 19.9 Å². The van der Waals surface area contributed by atoms with Crippen LogP contribution in [0.15, 0.2) is 30.5 Å². The Labute approximate surface area is 206 Å². The molecule has 0 saturated carbocycles. The number of anilines is 1. The van der Waals surface area contributed by atoms with Crippen LogP contribution in [0.1, 0.15) is 48.9 Å². The van der Waals surface area contributed by atoms with E-state index in [0.717, 1.165) is 68.3 Å². The maximum absolute atomic E-state index is 13.9. The molecule has 2 saturated heterocycles. The summed E-state index contributed by atoms with van der Waals surface area (Å²) in [5.74, 6) is 1.02. The second-order valence-electron chi connectivity index (χ2n) is 10.0. The molecule has 182 valence electrons. The molecule has 3 atom stereocenters. The molecule has 2 fully saturated rings. The van der Waals surface area contributed by atoms with Crippen LogP contribution in [-0.2, 0) is 22.5 Å². The lowest BCUT2D eigenvalue weighted by Crippen LogP contribution is -2.50. The van der Waals surface area contributed by atoms with Gasteiger partial charge in [0.1, 0.15) is 0 Å². The maximum Gasteiger partial charge on any atom is 0.227 e. The average molecular weight is 484 g/mol. The molecular weight excluding hydrogens is 450 g/mol. The van der Waals surface area contributed by atoms with Gasteiger partial charge in [-0.3, -0.25) is 4.79 Å². The van der Waals surface area contributed by atoms with Crippen LogP contribution in [0.3, 0.4) is 0 Å². The summed E-state index contributed by atoms with van der Waals surface area (Å²) in [6.07, 6.45) is 5.51. The molecule has 7 nitrogen and oxygen atoms in total. The van der Waals surface area contributed by atoms with Crippen molar-refractivity contribution in [3.63, 3.8) is 0 Å². The Hall–Kier alpha value is -2.22. The molecule has 5 rings (SSSR count). The highest BCUT2D eigenvalue weighted by Gasteiger charge is 2.39. The molecule has 2 aromatic rings. The first-order valence-corrected chi connectivity index (χ1v) is 12.8. The summed E-state index contributed by atoms with van der Waals surface area (Å²) >= 11 is 6.13. The minimum Gasteiger partial charge on any atom is -0.381 e. The van der Waals surface area contributed by atoms with Gasteiger partial charge in [0.05, 0.1) is 12.2 Å². The van der Waals surface area contributed by atoms with Crippen LogP contribution in [0, 0.1) is 5.92 Å². The Kier molecular flexibility index (Phi) is 7.04. The number of rotatable bonds is 4. The summed E-state index contributed by atoms with van der Waals surface area (Å²) < 4.78 is 5.46. The predicted molar refractivity (Wildman–Crippen MR) is 133 cm³/mol. The lowest BCUT2D eigenvalue weighted by molar-refractivity contribution is -0.141. The number of halogens is 1. The summed E-state index contributed by atoms with van der Waals surface area (Å²) in [6, 6.07) is 8.47. The van der Waals surface area contributed by atoms with Crippen molar-refractivity contribution >= 4 is 23.5 Å². The van der Waals surface area contributed by atoms with E-state index in [1.807, 2.05) is 23.2 Å². The first kappa shape index (κ1) is 23.5. The second-order valence-corrected chi connectivity index (χ2v) is 10.5. The van der Waals surface area contributed by atoms with Crippen molar-refractivity contribution in [1.29, 1.82) is 0 Å². The van der Waals surface area contributed by atoms with Gasteiger partial charge in [0.2, 0.25) is 11.9 Å². The van der Waals surface area contributed by atoms with Gasteiger partial charge in [-0.05, 0) is 69.5 Å². The van der Waals surface area contributed by atoms with Crippen LogP contribution < -0.4 is 5.32 Å². The second kappa shape index (κ2) is 10.2. The van der Waals surface area contributed by atoms with Crippen molar-refractivity contribution in [3.8, 4) is 0 Å². The number of hydrogen-bond acceptors (Lipinski definition) is 6. The van der Waals surface area contributed by atoms with Gasteiger partial charge in [0.25, 0.3) is 0 Å². The Morgan fingerprint density at radius 3 is 2.71 bits per heavy atom. The van der Waals surface area contributed by atoms with Crippen molar-refractivity contribution in [2.24, 2.45) is 5.92 Å². The average Bonchev–Trinajstić information content (AvgIpc) is 2.84. The van der Waals surface area contributed by atoms with E-state index < -0.39 is 0 Å². The Bertz CT molecular complexity index is 1010. The van der Waals surface area contributed by atoms with E-state index in [0.29, 0.717) is 18.5 Å². The van der Waals surface area contributed by atoms with Crippen molar-refractivity contribution < 1.29 is 9.53 Å². The van der Waals surface area contributed by atoms with Gasteiger partial charge in [-0.2, -0.15) is 0 Å². The van der Waals surface area contributed by atoms with Gasteiger partial charge in [0.15, 0.2) is 0 Å². The van der Waals surface area contributed by atoms with Crippen LogP contribution in [0.25, 0.3) is 0 Å². The molecule has 0 radical (unpaired) electrons. The van der Waals surface area contributed by atoms with E-state index in [1.54, 1.807) is 0 Å². The number of likely N-dealkylation sites (N-methyl/N-ethyl adjacent to an activating group) is 1. The van der Waals surface area contributed by atoms with E-state index in [2.05, 4.69) is 41.3 Å². The third kappa shape index (κ3) is 5.07. The normalized spacial score (nSPS) is 26.2. The lowest BCUT2D eigenvalue weighted by atomic mass is 9.79. The Morgan fingerprint density at radius 1 is 1.18 bits per heavy atom. The number of piperidine rings is 1.